The van der Waals surface area contributed by atoms with Crippen molar-refractivity contribution in [1.29, 1.82) is 0 Å². The lowest BCUT2D eigenvalue weighted by atomic mass is 10.1. The molecular weight excluding hydrogens is 358 g/mol. The molecule has 0 rings (SSSR count). The number of quaternary nitrogens is 1. The largest absolute Gasteiger partial charge is 0.550 e. The third-order valence-corrected chi connectivity index (χ3v) is 5.65. The van der Waals surface area contributed by atoms with Crippen LogP contribution in [0.25, 0.3) is 0 Å². The summed E-state index contributed by atoms with van der Waals surface area (Å²) in [5.74, 6) is -1.08. The summed E-state index contributed by atoms with van der Waals surface area (Å²) in [6.07, 6.45) is 26.0. The smallest absolute Gasteiger partial charge is 0.0770 e. The van der Waals surface area contributed by atoms with Crippen LogP contribution in [0.15, 0.2) is 0 Å². The Balaban J connectivity index is 0. The number of rotatable bonds is 21. The highest BCUT2D eigenvalue weighted by Crippen LogP contribution is 2.06. The van der Waals surface area contributed by atoms with E-state index >= 15 is 0 Å². The van der Waals surface area contributed by atoms with Crippen molar-refractivity contribution in [1.82, 2.24) is 0 Å². The van der Waals surface area contributed by atoms with Gasteiger partial charge in [0.1, 0.15) is 0 Å². The summed E-state index contributed by atoms with van der Waals surface area (Å²) in [4.78, 5) is 10.8. The molecular formula is C26H55NO2. The van der Waals surface area contributed by atoms with Gasteiger partial charge in [-0.05, 0) is 45.4 Å². The van der Waals surface area contributed by atoms with E-state index in [0.717, 1.165) is 6.92 Å². The number of carboxylic acids is 1. The van der Waals surface area contributed by atoms with Crippen molar-refractivity contribution in [2.24, 2.45) is 0 Å². The first-order valence-electron chi connectivity index (χ1n) is 13.1. The van der Waals surface area contributed by atoms with Gasteiger partial charge in [-0.15, -0.1) is 0 Å². The zero-order valence-corrected chi connectivity index (χ0v) is 20.7. The lowest BCUT2D eigenvalue weighted by molar-refractivity contribution is -0.900. The number of hydrogen-bond donors (Lipinski definition) is 1. The minimum absolute atomic E-state index is 0.972. The molecule has 0 aromatic carbocycles. The number of unbranched alkanes of at least 4 members (excludes halogenated alkanes) is 15. The Morgan fingerprint density at radius 1 is 0.517 bits per heavy atom. The molecule has 176 valence electrons. The van der Waals surface area contributed by atoms with Crippen LogP contribution in [0.4, 0.5) is 0 Å². The van der Waals surface area contributed by atoms with Crippen molar-refractivity contribution < 1.29 is 14.8 Å². The molecule has 1 N–H and O–H groups in total. The second-order valence-corrected chi connectivity index (χ2v) is 8.79. The highest BCUT2D eigenvalue weighted by molar-refractivity contribution is 5.60. The molecule has 0 saturated heterocycles. The molecule has 0 spiro atoms. The third kappa shape index (κ3) is 32.3. The van der Waals surface area contributed by atoms with Crippen molar-refractivity contribution in [3.8, 4) is 0 Å². The van der Waals surface area contributed by atoms with E-state index in [1.165, 1.54) is 135 Å². The fraction of sp³-hybridized carbons (Fsp3) is 0.962. The van der Waals surface area contributed by atoms with Crippen LogP contribution in [0.1, 0.15) is 143 Å². The number of aliphatic carboxylic acids is 1. The number of carbonyl (C=O) groups is 1. The quantitative estimate of drug-likeness (QED) is 0.245. The fourth-order valence-electron chi connectivity index (χ4n) is 3.84. The predicted octanol–water partition coefficient (Wildman–Crippen LogP) is 5.71. The minimum Gasteiger partial charge on any atom is -0.550 e. The first-order valence-corrected chi connectivity index (χ1v) is 13.1. The molecule has 0 aliphatic carbocycles. The summed E-state index contributed by atoms with van der Waals surface area (Å²) in [7, 11) is 0. The van der Waals surface area contributed by atoms with Crippen molar-refractivity contribution in [2.45, 2.75) is 143 Å². The Morgan fingerprint density at radius 2 is 0.724 bits per heavy atom. The normalized spacial score (nSPS) is 10.8. The second-order valence-electron chi connectivity index (χ2n) is 8.79. The van der Waals surface area contributed by atoms with Gasteiger partial charge in [-0.25, -0.2) is 0 Å². The fourth-order valence-corrected chi connectivity index (χ4v) is 3.84. The Morgan fingerprint density at radius 3 is 0.966 bits per heavy atom. The van der Waals surface area contributed by atoms with E-state index in [1.54, 1.807) is 0 Å². The van der Waals surface area contributed by atoms with Crippen LogP contribution >= 0.6 is 0 Å². The van der Waals surface area contributed by atoms with Crippen LogP contribution < -0.4 is 10.0 Å². The average molecular weight is 414 g/mol. The second kappa shape index (κ2) is 27.4. The molecule has 29 heavy (non-hydrogen) atoms. The molecule has 0 aliphatic rings. The Labute approximate surface area is 184 Å². The monoisotopic (exact) mass is 413 g/mol. The van der Waals surface area contributed by atoms with Gasteiger partial charge in [0.25, 0.3) is 0 Å². The lowest BCUT2D eigenvalue weighted by Gasteiger charge is -2.19. The first kappa shape index (κ1) is 30.6. The number of carbonyl (C=O) groups excluding carboxylic acids is 1. The molecule has 0 radical (unpaired) electrons. The lowest BCUT2D eigenvalue weighted by Crippen LogP contribution is -3.12. The molecule has 0 aromatic rings. The number of hydrogen-bond acceptors (Lipinski definition) is 2. The van der Waals surface area contributed by atoms with Gasteiger partial charge >= 0.3 is 0 Å². The van der Waals surface area contributed by atoms with Gasteiger partial charge in [-0.2, -0.15) is 0 Å². The van der Waals surface area contributed by atoms with Crippen molar-refractivity contribution in [3.05, 3.63) is 0 Å². The molecule has 3 heteroatoms. The molecule has 0 bridgehead atoms. The summed E-state index contributed by atoms with van der Waals surface area (Å²) in [6.45, 7) is 12.2. The topological polar surface area (TPSA) is 44.6 Å². The SMILES string of the molecule is CC(=O)[O-].CCCCCCCC[NH+](CCCCCCCC)CCCCCCCC. The standard InChI is InChI=1S/C24H51N.C2H4O2/c1-4-7-10-13-16-19-22-25(23-20-17-14-11-8-5-2)24-21-18-15-12-9-6-3;1-2(3)4/h4-24H2,1-3H3;1H3,(H,3,4). The molecule has 0 unspecified atom stereocenters. The molecule has 0 saturated carbocycles. The summed E-state index contributed by atoms with van der Waals surface area (Å²) in [5, 5.41) is 8.89. The van der Waals surface area contributed by atoms with Crippen LogP contribution in [0.5, 0.6) is 0 Å². The molecule has 0 aromatic heterocycles. The van der Waals surface area contributed by atoms with Crippen molar-refractivity contribution in [2.75, 3.05) is 19.6 Å². The minimum atomic E-state index is -1.08. The van der Waals surface area contributed by atoms with E-state index in [9.17, 15) is 0 Å². The number of carboxylic acid groups (broad SMARTS) is 1. The Bertz CT molecular complexity index is 265. The van der Waals surface area contributed by atoms with Crippen molar-refractivity contribution in [3.63, 3.8) is 0 Å². The van der Waals surface area contributed by atoms with Gasteiger partial charge in [0.05, 0.1) is 19.6 Å². The molecule has 0 fully saturated rings. The van der Waals surface area contributed by atoms with Gasteiger partial charge < -0.3 is 14.8 Å². The molecule has 0 heterocycles. The highest BCUT2D eigenvalue weighted by atomic mass is 16.4. The predicted molar refractivity (Wildman–Crippen MR) is 126 cm³/mol. The van der Waals surface area contributed by atoms with Crippen LogP contribution in [-0.4, -0.2) is 25.6 Å². The number of nitrogens with one attached hydrogen (secondary N) is 1. The summed E-state index contributed by atoms with van der Waals surface area (Å²) < 4.78 is 0. The van der Waals surface area contributed by atoms with Gasteiger partial charge in [0.2, 0.25) is 0 Å². The van der Waals surface area contributed by atoms with E-state index in [-0.39, 0.29) is 0 Å². The van der Waals surface area contributed by atoms with Crippen LogP contribution in [0.2, 0.25) is 0 Å². The Hall–Kier alpha value is -0.570. The zero-order chi connectivity index (χ0) is 22.0. The summed E-state index contributed by atoms with van der Waals surface area (Å²) >= 11 is 0. The maximum Gasteiger partial charge on any atom is 0.0770 e. The maximum atomic E-state index is 8.89. The summed E-state index contributed by atoms with van der Waals surface area (Å²) in [6, 6.07) is 0. The molecule has 0 aliphatic heterocycles. The summed E-state index contributed by atoms with van der Waals surface area (Å²) in [5.41, 5.74) is 0. The molecule has 0 amide bonds. The van der Waals surface area contributed by atoms with Crippen molar-refractivity contribution >= 4 is 5.97 Å². The van der Waals surface area contributed by atoms with E-state index in [0.29, 0.717) is 0 Å². The first-order chi connectivity index (χ1) is 14.1. The third-order valence-electron chi connectivity index (χ3n) is 5.65. The van der Waals surface area contributed by atoms with Crippen LogP contribution in [-0.2, 0) is 4.79 Å². The zero-order valence-electron chi connectivity index (χ0n) is 20.7. The highest BCUT2D eigenvalue weighted by Gasteiger charge is 2.08. The maximum absolute atomic E-state index is 8.89. The average Bonchev–Trinajstić information content (AvgIpc) is 2.68. The van der Waals surface area contributed by atoms with Gasteiger partial charge in [-0.1, -0.05) is 97.8 Å². The molecule has 3 nitrogen and oxygen atoms in total. The van der Waals surface area contributed by atoms with Gasteiger partial charge in [0.15, 0.2) is 0 Å². The van der Waals surface area contributed by atoms with E-state index < -0.39 is 5.97 Å². The van der Waals surface area contributed by atoms with Gasteiger partial charge in [-0.3, -0.25) is 0 Å². The van der Waals surface area contributed by atoms with Crippen LogP contribution in [0.3, 0.4) is 0 Å². The van der Waals surface area contributed by atoms with E-state index in [2.05, 4.69) is 20.8 Å². The molecule has 0 atom stereocenters. The van der Waals surface area contributed by atoms with E-state index in [1.807, 2.05) is 4.90 Å². The van der Waals surface area contributed by atoms with Gasteiger partial charge in [0, 0.05) is 5.97 Å². The van der Waals surface area contributed by atoms with E-state index in [4.69, 9.17) is 9.90 Å². The Kier molecular flexibility index (Phi) is 29.0. The van der Waals surface area contributed by atoms with Crippen LogP contribution in [0, 0.1) is 0 Å².